The number of hydrogen-bond acceptors (Lipinski definition) is 3. The van der Waals surface area contributed by atoms with E-state index in [9.17, 15) is 4.39 Å². The molecule has 0 saturated carbocycles. The maximum absolute atomic E-state index is 14.0. The van der Waals surface area contributed by atoms with Gasteiger partial charge in [0, 0.05) is 0 Å². The summed E-state index contributed by atoms with van der Waals surface area (Å²) in [5, 5.41) is 0. The summed E-state index contributed by atoms with van der Waals surface area (Å²) in [4.78, 5) is 2.47. The zero-order valence-corrected chi connectivity index (χ0v) is 12.5. The normalized spacial score (nSPS) is 15.6. The third kappa shape index (κ3) is 3.85. The summed E-state index contributed by atoms with van der Waals surface area (Å²) in [6.45, 7) is 5.78. The van der Waals surface area contributed by atoms with Gasteiger partial charge in [-0.1, -0.05) is 0 Å². The Kier molecular flexibility index (Phi) is 5.65. The summed E-state index contributed by atoms with van der Waals surface area (Å²) in [6.07, 6.45) is 4.55. The molecule has 1 aliphatic heterocycles. The number of benzene rings is 1. The summed E-state index contributed by atoms with van der Waals surface area (Å²) < 4.78 is 24.5. The minimum absolute atomic E-state index is 0.221. The number of nitrogens with zero attached hydrogens (tertiary/aromatic N) is 1. The molecule has 4 heteroatoms. The lowest BCUT2D eigenvalue weighted by molar-refractivity contribution is 0.294. The van der Waals surface area contributed by atoms with Crippen molar-refractivity contribution >= 4 is 0 Å². The van der Waals surface area contributed by atoms with Crippen molar-refractivity contribution in [3.8, 4) is 11.5 Å². The van der Waals surface area contributed by atoms with Crippen molar-refractivity contribution in [3.05, 3.63) is 23.5 Å². The molecule has 0 N–H and O–H groups in total. The SMILES string of the molecule is CCOc1c(F)cc(CCCN2CCCC2)cc1OC. The van der Waals surface area contributed by atoms with Crippen molar-refractivity contribution in [2.45, 2.75) is 32.6 Å². The minimum atomic E-state index is -0.331. The zero-order valence-electron chi connectivity index (χ0n) is 12.5. The van der Waals surface area contributed by atoms with Gasteiger partial charge in [0.2, 0.25) is 0 Å². The second-order valence-corrected chi connectivity index (χ2v) is 5.19. The van der Waals surface area contributed by atoms with Gasteiger partial charge in [-0.25, -0.2) is 4.39 Å². The van der Waals surface area contributed by atoms with Crippen LogP contribution >= 0.6 is 0 Å². The summed E-state index contributed by atoms with van der Waals surface area (Å²) >= 11 is 0. The van der Waals surface area contributed by atoms with Crippen molar-refractivity contribution in [1.82, 2.24) is 4.90 Å². The largest absolute Gasteiger partial charge is 0.493 e. The quantitative estimate of drug-likeness (QED) is 0.765. The van der Waals surface area contributed by atoms with Crippen molar-refractivity contribution in [2.75, 3.05) is 33.4 Å². The van der Waals surface area contributed by atoms with Gasteiger partial charge in [0.25, 0.3) is 0 Å². The number of halogens is 1. The number of methoxy groups -OCH3 is 1. The highest BCUT2D eigenvalue weighted by Crippen LogP contribution is 2.32. The van der Waals surface area contributed by atoms with Crippen LogP contribution in [0.2, 0.25) is 0 Å². The molecule has 0 atom stereocenters. The number of rotatable bonds is 7. The van der Waals surface area contributed by atoms with Crippen molar-refractivity contribution in [3.63, 3.8) is 0 Å². The van der Waals surface area contributed by atoms with Gasteiger partial charge in [-0.2, -0.15) is 0 Å². The molecular formula is C16H24FNO2. The monoisotopic (exact) mass is 281 g/mol. The first-order chi connectivity index (χ1) is 9.74. The fraction of sp³-hybridized carbons (Fsp3) is 0.625. The van der Waals surface area contributed by atoms with Crippen LogP contribution in [0.25, 0.3) is 0 Å². The van der Waals surface area contributed by atoms with E-state index in [0.717, 1.165) is 24.9 Å². The molecule has 1 saturated heterocycles. The van der Waals surface area contributed by atoms with E-state index >= 15 is 0 Å². The molecular weight excluding hydrogens is 257 g/mol. The first kappa shape index (κ1) is 15.1. The molecule has 112 valence electrons. The summed E-state index contributed by atoms with van der Waals surface area (Å²) in [5.74, 6) is 0.378. The number of likely N-dealkylation sites (tertiary alicyclic amines) is 1. The summed E-state index contributed by atoms with van der Waals surface area (Å²) in [7, 11) is 1.55. The standard InChI is InChI=1S/C16H24FNO2/c1-3-20-16-14(17)11-13(12-15(16)19-2)7-6-10-18-8-4-5-9-18/h11-12H,3-10H2,1-2H3. The minimum Gasteiger partial charge on any atom is -0.493 e. The fourth-order valence-corrected chi connectivity index (χ4v) is 2.72. The molecule has 0 radical (unpaired) electrons. The van der Waals surface area contributed by atoms with Crippen LogP contribution in [0.3, 0.4) is 0 Å². The maximum atomic E-state index is 14.0. The van der Waals surface area contributed by atoms with E-state index in [0.29, 0.717) is 12.4 Å². The Morgan fingerprint density at radius 3 is 2.65 bits per heavy atom. The molecule has 20 heavy (non-hydrogen) atoms. The van der Waals surface area contributed by atoms with Gasteiger partial charge in [0.05, 0.1) is 13.7 Å². The Hall–Kier alpha value is -1.29. The highest BCUT2D eigenvalue weighted by molar-refractivity contribution is 5.44. The zero-order chi connectivity index (χ0) is 14.4. The van der Waals surface area contributed by atoms with Crippen LogP contribution in [0.15, 0.2) is 12.1 Å². The first-order valence-corrected chi connectivity index (χ1v) is 7.46. The average Bonchev–Trinajstić information content (AvgIpc) is 2.94. The Morgan fingerprint density at radius 1 is 1.25 bits per heavy atom. The van der Waals surface area contributed by atoms with Crippen molar-refractivity contribution in [2.24, 2.45) is 0 Å². The lowest BCUT2D eigenvalue weighted by Gasteiger charge is -2.15. The molecule has 1 aromatic carbocycles. The highest BCUT2D eigenvalue weighted by Gasteiger charge is 2.14. The third-order valence-electron chi connectivity index (χ3n) is 3.72. The molecule has 0 unspecified atom stereocenters. The predicted molar refractivity (Wildman–Crippen MR) is 78.1 cm³/mol. The molecule has 0 amide bonds. The van der Waals surface area contributed by atoms with Gasteiger partial charge in [0.1, 0.15) is 0 Å². The molecule has 0 bridgehead atoms. The Labute approximate surface area is 120 Å². The van der Waals surface area contributed by atoms with E-state index in [1.165, 1.54) is 25.9 Å². The lowest BCUT2D eigenvalue weighted by atomic mass is 10.1. The van der Waals surface area contributed by atoms with Crippen LogP contribution in [-0.2, 0) is 6.42 Å². The van der Waals surface area contributed by atoms with Gasteiger partial charge in [-0.05, 0) is 69.9 Å². The Bertz CT molecular complexity index is 431. The molecule has 2 rings (SSSR count). The van der Waals surface area contributed by atoms with Crippen LogP contribution in [0.1, 0.15) is 31.7 Å². The van der Waals surface area contributed by atoms with Gasteiger partial charge in [-0.3, -0.25) is 0 Å². The van der Waals surface area contributed by atoms with Crippen LogP contribution < -0.4 is 9.47 Å². The van der Waals surface area contributed by atoms with Gasteiger partial charge in [0.15, 0.2) is 17.3 Å². The molecule has 0 aromatic heterocycles. The molecule has 1 fully saturated rings. The first-order valence-electron chi connectivity index (χ1n) is 7.46. The highest BCUT2D eigenvalue weighted by atomic mass is 19.1. The van der Waals surface area contributed by atoms with Crippen molar-refractivity contribution in [1.29, 1.82) is 0 Å². The lowest BCUT2D eigenvalue weighted by Crippen LogP contribution is -2.20. The van der Waals surface area contributed by atoms with E-state index in [1.807, 2.05) is 13.0 Å². The smallest absolute Gasteiger partial charge is 0.197 e. The second-order valence-electron chi connectivity index (χ2n) is 5.19. The van der Waals surface area contributed by atoms with E-state index in [4.69, 9.17) is 9.47 Å². The van der Waals surface area contributed by atoms with Crippen LogP contribution in [-0.4, -0.2) is 38.3 Å². The van der Waals surface area contributed by atoms with Gasteiger partial charge >= 0.3 is 0 Å². The number of aryl methyl sites for hydroxylation is 1. The Morgan fingerprint density at radius 2 is 2.00 bits per heavy atom. The molecule has 0 aliphatic carbocycles. The molecule has 1 aromatic rings. The number of ether oxygens (including phenoxy) is 2. The van der Waals surface area contributed by atoms with Gasteiger partial charge < -0.3 is 14.4 Å². The Balaban J connectivity index is 1.95. The second kappa shape index (κ2) is 7.48. The molecule has 3 nitrogen and oxygen atoms in total. The maximum Gasteiger partial charge on any atom is 0.197 e. The van der Waals surface area contributed by atoms with Crippen LogP contribution in [0.4, 0.5) is 4.39 Å². The molecule has 1 heterocycles. The molecule has 1 aliphatic rings. The van der Waals surface area contributed by atoms with Crippen molar-refractivity contribution < 1.29 is 13.9 Å². The topological polar surface area (TPSA) is 21.7 Å². The third-order valence-corrected chi connectivity index (χ3v) is 3.72. The van der Waals surface area contributed by atoms with Gasteiger partial charge in [-0.15, -0.1) is 0 Å². The van der Waals surface area contributed by atoms with E-state index in [-0.39, 0.29) is 11.6 Å². The van der Waals surface area contributed by atoms with E-state index in [1.54, 1.807) is 13.2 Å². The van der Waals surface area contributed by atoms with Crippen LogP contribution in [0, 0.1) is 5.82 Å². The molecule has 0 spiro atoms. The van der Waals surface area contributed by atoms with Crippen LogP contribution in [0.5, 0.6) is 11.5 Å². The van der Waals surface area contributed by atoms with E-state index in [2.05, 4.69) is 4.90 Å². The summed E-state index contributed by atoms with van der Waals surface area (Å²) in [6, 6.07) is 3.45. The fourth-order valence-electron chi connectivity index (χ4n) is 2.72. The average molecular weight is 281 g/mol. The number of hydrogen-bond donors (Lipinski definition) is 0. The summed E-state index contributed by atoms with van der Waals surface area (Å²) in [5.41, 5.74) is 0.974. The predicted octanol–water partition coefficient (Wildman–Crippen LogP) is 3.26. The van der Waals surface area contributed by atoms with E-state index < -0.39 is 0 Å².